The standard InChI is InChI=1S/C81H155NO13/c1-3-5-7-9-11-13-15-17-19-21-23-25-27-29-31-32-33-34-35-36-37-39-41-43-45-47-49-51-53-55-57-59-61-63-65-73(86)82-69(68-92-80-78(91)76(89)79(72(67-84)94-80)95-81-77(90)75(88)74(87)71(66-83)93-81)70(85)64-62-60-58-56-54-52-50-48-46-44-42-40-38-30-28-26-24-22-20-18-16-14-12-10-8-6-4-2/h54,56,62,64,69-72,74-81,83-85,87-91H,3-53,55,57-61,63,65-68H2,1-2H3,(H,82,86)/b56-54+,64-62+. The fraction of sp³-hybridized carbons (Fsp3) is 0.938. The smallest absolute Gasteiger partial charge is 0.220 e. The number of ether oxygens (including phenoxy) is 4. The van der Waals surface area contributed by atoms with Gasteiger partial charge < -0.3 is 65.1 Å². The third kappa shape index (κ3) is 48.9. The zero-order valence-electron chi connectivity index (χ0n) is 61.7. The van der Waals surface area contributed by atoms with Crippen LogP contribution in [0, 0.1) is 0 Å². The summed E-state index contributed by atoms with van der Waals surface area (Å²) < 4.78 is 22.9. The maximum absolute atomic E-state index is 13.4. The van der Waals surface area contributed by atoms with Crippen molar-refractivity contribution in [3.05, 3.63) is 24.3 Å². The molecule has 14 nitrogen and oxygen atoms in total. The molecule has 0 radical (unpaired) electrons. The molecule has 562 valence electrons. The molecule has 14 heteroatoms. The second-order valence-corrected chi connectivity index (χ2v) is 29.3. The molecule has 2 aliphatic rings. The molecule has 12 unspecified atom stereocenters. The summed E-state index contributed by atoms with van der Waals surface area (Å²) in [5.41, 5.74) is 0. The van der Waals surface area contributed by atoms with Gasteiger partial charge in [0.1, 0.15) is 48.8 Å². The van der Waals surface area contributed by atoms with E-state index in [1.165, 1.54) is 327 Å². The van der Waals surface area contributed by atoms with Gasteiger partial charge in [-0.15, -0.1) is 0 Å². The first-order chi connectivity index (χ1) is 46.6. The van der Waals surface area contributed by atoms with E-state index in [4.69, 9.17) is 18.9 Å². The topological polar surface area (TPSA) is 228 Å². The SMILES string of the molecule is CCCCCCCCCCCCCCCCCCCCCCC/C=C/CC/C=C/C(O)C(COC1OC(CO)C(OC2OC(CO)C(O)C(O)C2O)C(O)C1O)NC(=O)CCCCCCCCCCCCCCCCCCCCCCCCCCCCCCCCCCCC. The molecular weight excluding hydrogens is 1190 g/mol. The van der Waals surface area contributed by atoms with Crippen molar-refractivity contribution in [3.8, 4) is 0 Å². The first kappa shape index (κ1) is 89.6. The lowest BCUT2D eigenvalue weighted by atomic mass is 9.97. The molecule has 2 fully saturated rings. The number of unbranched alkanes of at least 4 members (excludes halogenated alkanes) is 55. The zero-order valence-corrected chi connectivity index (χ0v) is 61.7. The van der Waals surface area contributed by atoms with Crippen molar-refractivity contribution in [2.75, 3.05) is 19.8 Å². The van der Waals surface area contributed by atoms with E-state index in [0.29, 0.717) is 12.8 Å². The van der Waals surface area contributed by atoms with Gasteiger partial charge in [-0.05, 0) is 32.1 Å². The van der Waals surface area contributed by atoms with Gasteiger partial charge in [0.2, 0.25) is 5.91 Å². The quantitative estimate of drug-likeness (QED) is 0.0204. The number of amides is 1. The molecule has 0 spiro atoms. The highest BCUT2D eigenvalue weighted by Gasteiger charge is 2.51. The lowest BCUT2D eigenvalue weighted by Crippen LogP contribution is -2.65. The van der Waals surface area contributed by atoms with Crippen LogP contribution in [0.3, 0.4) is 0 Å². The Morgan fingerprint density at radius 1 is 0.368 bits per heavy atom. The van der Waals surface area contributed by atoms with Crippen molar-refractivity contribution in [3.63, 3.8) is 0 Å². The third-order valence-electron chi connectivity index (χ3n) is 20.4. The predicted molar refractivity (Wildman–Crippen MR) is 392 cm³/mol. The van der Waals surface area contributed by atoms with Gasteiger partial charge in [-0.25, -0.2) is 0 Å². The van der Waals surface area contributed by atoms with Crippen molar-refractivity contribution in [1.29, 1.82) is 0 Å². The normalized spacial score (nSPS) is 22.4. The van der Waals surface area contributed by atoms with E-state index in [1.54, 1.807) is 6.08 Å². The fourth-order valence-electron chi connectivity index (χ4n) is 13.9. The minimum atomic E-state index is -1.79. The zero-order chi connectivity index (χ0) is 68.7. The average Bonchev–Trinajstić information content (AvgIpc) is 0.801. The number of hydrogen-bond acceptors (Lipinski definition) is 13. The van der Waals surface area contributed by atoms with Crippen molar-refractivity contribution >= 4 is 5.91 Å². The Labute approximate surface area is 583 Å². The van der Waals surface area contributed by atoms with E-state index in [2.05, 4.69) is 31.3 Å². The van der Waals surface area contributed by atoms with Gasteiger partial charge in [0.25, 0.3) is 0 Å². The van der Waals surface area contributed by atoms with Gasteiger partial charge in [-0.3, -0.25) is 4.79 Å². The van der Waals surface area contributed by atoms with E-state index in [9.17, 15) is 45.6 Å². The first-order valence-corrected chi connectivity index (χ1v) is 41.1. The van der Waals surface area contributed by atoms with Crippen molar-refractivity contribution < 1.29 is 64.6 Å². The van der Waals surface area contributed by atoms with Crippen molar-refractivity contribution in [2.24, 2.45) is 0 Å². The number of aliphatic hydroxyl groups excluding tert-OH is 8. The van der Waals surface area contributed by atoms with Gasteiger partial charge in [0.15, 0.2) is 12.6 Å². The Kier molecular flexibility index (Phi) is 62.0. The highest BCUT2D eigenvalue weighted by Crippen LogP contribution is 2.30. The van der Waals surface area contributed by atoms with E-state index in [-0.39, 0.29) is 18.9 Å². The predicted octanol–water partition coefficient (Wildman–Crippen LogP) is 18.6. The lowest BCUT2D eigenvalue weighted by Gasteiger charge is -2.46. The Hall–Kier alpha value is -1.53. The molecule has 0 aromatic carbocycles. The molecule has 0 aliphatic carbocycles. The summed E-state index contributed by atoms with van der Waals surface area (Å²) in [4.78, 5) is 13.4. The molecule has 2 rings (SSSR count). The van der Waals surface area contributed by atoms with Crippen LogP contribution in [0.2, 0.25) is 0 Å². The third-order valence-corrected chi connectivity index (χ3v) is 20.4. The molecule has 12 atom stereocenters. The first-order valence-electron chi connectivity index (χ1n) is 41.1. The number of carbonyl (C=O) groups excluding carboxylic acids is 1. The molecule has 0 saturated carbocycles. The largest absolute Gasteiger partial charge is 0.394 e. The number of allylic oxidation sites excluding steroid dienone is 3. The Balaban J connectivity index is 1.61. The van der Waals surface area contributed by atoms with Gasteiger partial charge in [0, 0.05) is 6.42 Å². The molecular formula is C81H155NO13. The van der Waals surface area contributed by atoms with Gasteiger partial charge in [-0.2, -0.15) is 0 Å². The fourth-order valence-corrected chi connectivity index (χ4v) is 13.9. The molecule has 95 heavy (non-hydrogen) atoms. The summed E-state index contributed by atoms with van der Waals surface area (Å²) >= 11 is 0. The summed E-state index contributed by atoms with van der Waals surface area (Å²) in [6.07, 6.45) is 68.5. The highest BCUT2D eigenvalue weighted by molar-refractivity contribution is 5.76. The molecule has 9 N–H and O–H groups in total. The number of aliphatic hydroxyl groups is 8. The van der Waals surface area contributed by atoms with Gasteiger partial charge in [0.05, 0.1) is 32.0 Å². The van der Waals surface area contributed by atoms with Crippen LogP contribution < -0.4 is 5.32 Å². The van der Waals surface area contributed by atoms with E-state index < -0.39 is 86.8 Å². The number of carbonyl (C=O) groups is 1. The minimum absolute atomic E-state index is 0.239. The lowest BCUT2D eigenvalue weighted by molar-refractivity contribution is -0.359. The van der Waals surface area contributed by atoms with Crippen LogP contribution in [-0.4, -0.2) is 140 Å². The molecule has 0 aromatic heterocycles. The monoisotopic (exact) mass is 1350 g/mol. The number of nitrogens with one attached hydrogen (secondary N) is 1. The Bertz CT molecular complexity index is 1690. The molecule has 1 amide bonds. The molecule has 0 aromatic rings. The average molecular weight is 1350 g/mol. The van der Waals surface area contributed by atoms with Crippen molar-refractivity contribution in [1.82, 2.24) is 5.32 Å². The number of hydrogen-bond donors (Lipinski definition) is 9. The maximum atomic E-state index is 13.4. The summed E-state index contributed by atoms with van der Waals surface area (Å²) in [5.74, 6) is -0.239. The Morgan fingerprint density at radius 2 is 0.674 bits per heavy atom. The molecule has 2 aliphatic heterocycles. The van der Waals surface area contributed by atoms with Gasteiger partial charge in [-0.1, -0.05) is 378 Å². The molecule has 2 heterocycles. The molecule has 0 bridgehead atoms. The summed E-state index contributed by atoms with van der Waals surface area (Å²) in [6.45, 7) is 2.86. The summed E-state index contributed by atoms with van der Waals surface area (Å²) in [5, 5.41) is 87.7. The van der Waals surface area contributed by atoms with E-state index >= 15 is 0 Å². The number of rotatable bonds is 70. The van der Waals surface area contributed by atoms with Crippen LogP contribution in [0.1, 0.15) is 393 Å². The van der Waals surface area contributed by atoms with E-state index in [1.807, 2.05) is 6.08 Å². The highest BCUT2D eigenvalue weighted by atomic mass is 16.7. The van der Waals surface area contributed by atoms with Crippen LogP contribution in [0.15, 0.2) is 24.3 Å². The van der Waals surface area contributed by atoms with Crippen LogP contribution in [0.4, 0.5) is 0 Å². The second-order valence-electron chi connectivity index (χ2n) is 29.3. The summed E-state index contributed by atoms with van der Waals surface area (Å²) in [7, 11) is 0. The molecule has 2 saturated heterocycles. The van der Waals surface area contributed by atoms with E-state index in [0.717, 1.165) is 32.1 Å². The van der Waals surface area contributed by atoms with Crippen LogP contribution in [-0.2, 0) is 23.7 Å². The minimum Gasteiger partial charge on any atom is -0.394 e. The van der Waals surface area contributed by atoms with Crippen LogP contribution in [0.5, 0.6) is 0 Å². The van der Waals surface area contributed by atoms with Crippen LogP contribution in [0.25, 0.3) is 0 Å². The van der Waals surface area contributed by atoms with Crippen LogP contribution >= 0.6 is 0 Å². The second kappa shape index (κ2) is 65.8. The summed E-state index contributed by atoms with van der Waals surface area (Å²) in [6, 6.07) is -0.930. The maximum Gasteiger partial charge on any atom is 0.220 e. The van der Waals surface area contributed by atoms with Gasteiger partial charge >= 0.3 is 0 Å². The Morgan fingerprint density at radius 3 is 1.03 bits per heavy atom. The van der Waals surface area contributed by atoms with Crippen molar-refractivity contribution in [2.45, 2.75) is 466 Å².